The van der Waals surface area contributed by atoms with E-state index in [1.54, 1.807) is 12.1 Å². The van der Waals surface area contributed by atoms with Gasteiger partial charge in [-0.1, -0.05) is 40.9 Å². The summed E-state index contributed by atoms with van der Waals surface area (Å²) in [7, 11) is -3.96. The van der Waals surface area contributed by atoms with Crippen molar-refractivity contribution in [1.29, 1.82) is 0 Å². The van der Waals surface area contributed by atoms with Gasteiger partial charge in [0.05, 0.1) is 20.5 Å². The molecular formula is C14H11Cl2FN2O3S. The number of halogens is 3. The number of carbonyl (C=O) groups is 1. The van der Waals surface area contributed by atoms with E-state index in [1.807, 2.05) is 17.2 Å². The fourth-order valence-electron chi connectivity index (χ4n) is 1.71. The Hall–Kier alpha value is -1.67. The zero-order valence-corrected chi connectivity index (χ0v) is 14.1. The standard InChI is InChI=1S/C14H11Cl2FN2O3S/c1-8-2-4-10(5-3-8)23(21,22)19-18-14(20)13-11(15)6-9(17)7-12(13)16/h2-7,19H,1H3,(H,18,20). The molecule has 0 unspecified atom stereocenters. The van der Waals surface area contributed by atoms with Crippen LogP contribution in [0.25, 0.3) is 0 Å². The second-order valence-electron chi connectivity index (χ2n) is 4.62. The Morgan fingerprint density at radius 2 is 1.61 bits per heavy atom. The summed E-state index contributed by atoms with van der Waals surface area (Å²) in [5.41, 5.74) is 2.64. The summed E-state index contributed by atoms with van der Waals surface area (Å²) in [4.78, 5) is 13.9. The van der Waals surface area contributed by atoms with Crippen LogP contribution in [0, 0.1) is 12.7 Å². The molecule has 2 N–H and O–H groups in total. The van der Waals surface area contributed by atoms with Crippen LogP contribution in [0.3, 0.4) is 0 Å². The van der Waals surface area contributed by atoms with Crippen molar-refractivity contribution in [2.75, 3.05) is 0 Å². The molecule has 0 fully saturated rings. The average molecular weight is 377 g/mol. The largest absolute Gasteiger partial charge is 0.273 e. The van der Waals surface area contributed by atoms with Crippen LogP contribution in [0.1, 0.15) is 15.9 Å². The number of nitrogens with one attached hydrogen (secondary N) is 2. The van der Waals surface area contributed by atoms with Gasteiger partial charge in [0, 0.05) is 0 Å². The summed E-state index contributed by atoms with van der Waals surface area (Å²) >= 11 is 11.5. The van der Waals surface area contributed by atoms with Gasteiger partial charge in [-0.3, -0.25) is 10.2 Å². The third-order valence-electron chi connectivity index (χ3n) is 2.86. The molecule has 2 rings (SSSR count). The highest BCUT2D eigenvalue weighted by Gasteiger charge is 2.19. The van der Waals surface area contributed by atoms with Crippen LogP contribution >= 0.6 is 23.2 Å². The summed E-state index contributed by atoms with van der Waals surface area (Å²) < 4.78 is 37.2. The molecule has 5 nitrogen and oxygen atoms in total. The van der Waals surface area contributed by atoms with Gasteiger partial charge in [-0.15, -0.1) is 4.83 Å². The number of benzene rings is 2. The number of carbonyl (C=O) groups excluding carboxylic acids is 1. The van der Waals surface area contributed by atoms with Crippen LogP contribution in [0.5, 0.6) is 0 Å². The second kappa shape index (κ2) is 6.84. The van der Waals surface area contributed by atoms with E-state index in [1.165, 1.54) is 12.1 Å². The summed E-state index contributed by atoms with van der Waals surface area (Å²) in [6.07, 6.45) is 0. The van der Waals surface area contributed by atoms with E-state index in [0.29, 0.717) is 0 Å². The predicted molar refractivity (Wildman–Crippen MR) is 85.4 cm³/mol. The molecule has 0 saturated heterocycles. The highest BCUT2D eigenvalue weighted by molar-refractivity contribution is 7.89. The van der Waals surface area contributed by atoms with Gasteiger partial charge in [0.2, 0.25) is 0 Å². The van der Waals surface area contributed by atoms with E-state index in [9.17, 15) is 17.6 Å². The second-order valence-corrected chi connectivity index (χ2v) is 7.11. The zero-order chi connectivity index (χ0) is 17.2. The van der Waals surface area contributed by atoms with Gasteiger partial charge in [-0.05, 0) is 31.2 Å². The average Bonchev–Trinajstić information content (AvgIpc) is 2.44. The minimum Gasteiger partial charge on any atom is -0.273 e. The highest BCUT2D eigenvalue weighted by Crippen LogP contribution is 2.25. The number of rotatable bonds is 4. The molecule has 0 atom stereocenters. The SMILES string of the molecule is Cc1ccc(S(=O)(=O)NNC(=O)c2c(Cl)cc(F)cc2Cl)cc1. The number of hydrazine groups is 1. The summed E-state index contributed by atoms with van der Waals surface area (Å²) in [5, 5.41) is -0.468. The predicted octanol–water partition coefficient (Wildman–Crippen LogP) is 3.06. The Labute approximate surface area is 142 Å². The molecule has 0 heterocycles. The lowest BCUT2D eigenvalue weighted by atomic mass is 10.2. The fraction of sp³-hybridized carbons (Fsp3) is 0.0714. The number of sulfonamides is 1. The summed E-state index contributed by atoms with van der Waals surface area (Å²) in [5.74, 6) is -1.62. The first-order chi connectivity index (χ1) is 10.7. The first-order valence-electron chi connectivity index (χ1n) is 6.24. The molecule has 0 radical (unpaired) electrons. The maximum atomic E-state index is 13.1. The van der Waals surface area contributed by atoms with Gasteiger partial charge in [0.25, 0.3) is 15.9 Å². The van der Waals surface area contributed by atoms with Crippen molar-refractivity contribution in [3.8, 4) is 0 Å². The highest BCUT2D eigenvalue weighted by atomic mass is 35.5. The molecule has 2 aromatic carbocycles. The molecule has 0 spiro atoms. The topological polar surface area (TPSA) is 75.3 Å². The molecule has 0 aromatic heterocycles. The van der Waals surface area contributed by atoms with E-state index in [-0.39, 0.29) is 20.5 Å². The van der Waals surface area contributed by atoms with Crippen LogP contribution in [0.15, 0.2) is 41.3 Å². The number of aryl methyl sites for hydroxylation is 1. The first-order valence-corrected chi connectivity index (χ1v) is 8.48. The van der Waals surface area contributed by atoms with Gasteiger partial charge in [0.1, 0.15) is 5.82 Å². The zero-order valence-electron chi connectivity index (χ0n) is 11.7. The van der Waals surface area contributed by atoms with Gasteiger partial charge in [-0.2, -0.15) is 0 Å². The molecule has 23 heavy (non-hydrogen) atoms. The van der Waals surface area contributed by atoms with Gasteiger partial charge in [0.15, 0.2) is 0 Å². The monoisotopic (exact) mass is 376 g/mol. The molecule has 122 valence electrons. The van der Waals surface area contributed by atoms with Gasteiger partial charge >= 0.3 is 0 Å². The lowest BCUT2D eigenvalue weighted by Gasteiger charge is -2.10. The quantitative estimate of drug-likeness (QED) is 0.805. The third-order valence-corrected chi connectivity index (χ3v) is 4.72. The maximum Gasteiger partial charge on any atom is 0.269 e. The van der Waals surface area contributed by atoms with Gasteiger partial charge in [-0.25, -0.2) is 12.8 Å². The van der Waals surface area contributed by atoms with Crippen molar-refractivity contribution in [2.45, 2.75) is 11.8 Å². The van der Waals surface area contributed by atoms with E-state index < -0.39 is 21.7 Å². The Morgan fingerprint density at radius 1 is 1.09 bits per heavy atom. The molecule has 0 bridgehead atoms. The fourth-order valence-corrected chi connectivity index (χ4v) is 3.18. The van der Waals surface area contributed by atoms with E-state index in [0.717, 1.165) is 17.7 Å². The van der Waals surface area contributed by atoms with Crippen LogP contribution in [0.2, 0.25) is 10.0 Å². The van der Waals surface area contributed by atoms with E-state index >= 15 is 0 Å². The van der Waals surface area contributed by atoms with Crippen LogP contribution in [-0.2, 0) is 10.0 Å². The Morgan fingerprint density at radius 3 is 2.13 bits per heavy atom. The van der Waals surface area contributed by atoms with Crippen molar-refractivity contribution in [3.63, 3.8) is 0 Å². The van der Waals surface area contributed by atoms with Crippen molar-refractivity contribution in [1.82, 2.24) is 10.3 Å². The minimum absolute atomic E-state index is 0.0281. The lowest BCUT2D eigenvalue weighted by molar-refractivity contribution is 0.0945. The lowest BCUT2D eigenvalue weighted by Crippen LogP contribution is -2.41. The van der Waals surface area contributed by atoms with Crippen molar-refractivity contribution < 1.29 is 17.6 Å². The Bertz CT molecular complexity index is 832. The molecule has 0 saturated carbocycles. The Kier molecular flexibility index (Phi) is 5.26. The molecule has 1 amide bonds. The molecule has 0 aliphatic heterocycles. The summed E-state index contributed by atoms with van der Waals surface area (Å²) in [6, 6.07) is 7.81. The van der Waals surface area contributed by atoms with Crippen LogP contribution in [-0.4, -0.2) is 14.3 Å². The van der Waals surface area contributed by atoms with E-state index in [4.69, 9.17) is 23.2 Å². The smallest absolute Gasteiger partial charge is 0.269 e. The molecule has 0 aliphatic carbocycles. The molecule has 2 aromatic rings. The number of amides is 1. The van der Waals surface area contributed by atoms with Crippen molar-refractivity contribution >= 4 is 39.1 Å². The van der Waals surface area contributed by atoms with Crippen LogP contribution in [0.4, 0.5) is 4.39 Å². The Balaban J connectivity index is 2.17. The molecular weight excluding hydrogens is 366 g/mol. The van der Waals surface area contributed by atoms with E-state index in [2.05, 4.69) is 0 Å². The van der Waals surface area contributed by atoms with Crippen LogP contribution < -0.4 is 10.3 Å². The van der Waals surface area contributed by atoms with Crippen molar-refractivity contribution in [2.24, 2.45) is 0 Å². The number of hydrogen-bond acceptors (Lipinski definition) is 3. The summed E-state index contributed by atoms with van der Waals surface area (Å²) in [6.45, 7) is 1.81. The number of hydrogen-bond donors (Lipinski definition) is 2. The maximum absolute atomic E-state index is 13.1. The van der Waals surface area contributed by atoms with Crippen molar-refractivity contribution in [3.05, 3.63) is 63.4 Å². The molecule has 0 aliphatic rings. The van der Waals surface area contributed by atoms with Gasteiger partial charge < -0.3 is 0 Å². The minimum atomic E-state index is -3.96. The first kappa shape index (κ1) is 17.7. The molecule has 9 heteroatoms. The normalized spacial score (nSPS) is 11.3. The third kappa shape index (κ3) is 4.20.